The Balaban J connectivity index is 0.000000240. The highest BCUT2D eigenvalue weighted by Gasteiger charge is 2.51. The van der Waals surface area contributed by atoms with E-state index in [1.165, 1.54) is 22.7 Å². The summed E-state index contributed by atoms with van der Waals surface area (Å²) in [5, 5.41) is 26.4. The van der Waals surface area contributed by atoms with Crippen LogP contribution in [0.5, 0.6) is 0 Å². The van der Waals surface area contributed by atoms with Gasteiger partial charge in [0.05, 0.1) is 41.3 Å². The number of quaternary nitrogens is 2. The molecule has 0 bridgehead atoms. The van der Waals surface area contributed by atoms with Gasteiger partial charge in [-0.15, -0.1) is 22.7 Å². The SMILES string of the molecule is C.C.C[N+]1(C)CC[C@@H](OC(=O)[C@@](O)(c2cccs2)C2CCCC2)C1.C[N+]1(C)CC[C@H](OC(=O)[C@](O)(c2cccs2)C2CCCC2)C1. The van der Waals surface area contributed by atoms with Crippen LogP contribution in [0.4, 0.5) is 0 Å². The highest BCUT2D eigenvalue weighted by atomic mass is 32.1. The van der Waals surface area contributed by atoms with E-state index in [4.69, 9.17) is 9.47 Å². The molecule has 4 heterocycles. The first-order valence-electron chi connectivity index (χ1n) is 16.4. The van der Waals surface area contributed by atoms with E-state index in [0.29, 0.717) is 0 Å². The lowest BCUT2D eigenvalue weighted by Gasteiger charge is -2.32. The van der Waals surface area contributed by atoms with Gasteiger partial charge in [0.2, 0.25) is 0 Å². The Morgan fingerprint density at radius 1 is 0.674 bits per heavy atom. The maximum Gasteiger partial charge on any atom is 0.344 e. The highest BCUT2D eigenvalue weighted by molar-refractivity contribution is 7.10. The largest absolute Gasteiger partial charge is 0.454 e. The number of carbonyl (C=O) groups excluding carboxylic acids is 2. The second-order valence-corrected chi connectivity index (χ2v) is 16.7. The number of ether oxygens (including phenoxy) is 2. The second kappa shape index (κ2) is 15.6. The molecule has 10 heteroatoms. The first kappa shape index (κ1) is 38.6. The Morgan fingerprint density at radius 3 is 1.28 bits per heavy atom. The van der Waals surface area contributed by atoms with Gasteiger partial charge < -0.3 is 28.7 Å². The molecule has 4 atom stereocenters. The summed E-state index contributed by atoms with van der Waals surface area (Å²) in [6, 6.07) is 7.50. The standard InChI is InChI=1S/2C17H26NO3S.2CH4/c2*1-18(2)10-9-14(12-18)21-16(19)17(20,13-6-3-4-7-13)15-8-5-11-22-15;;/h2*5,8,11,13-14,20H,3-4,6-7,9-10,12H2,1-2H3;2*1H4/q2*+1;;/t2*14-,17+;;/m10../s1. The lowest BCUT2D eigenvalue weighted by atomic mass is 9.84. The topological polar surface area (TPSA) is 93.1 Å². The van der Waals surface area contributed by atoms with E-state index >= 15 is 0 Å². The number of thiophene rings is 2. The van der Waals surface area contributed by atoms with Crippen LogP contribution in [-0.2, 0) is 30.3 Å². The van der Waals surface area contributed by atoms with Crippen LogP contribution in [-0.4, -0.2) is 97.7 Å². The van der Waals surface area contributed by atoms with Crippen molar-refractivity contribution in [2.75, 3.05) is 54.4 Å². The van der Waals surface area contributed by atoms with E-state index in [0.717, 1.165) is 109 Å². The van der Waals surface area contributed by atoms with Gasteiger partial charge in [-0.3, -0.25) is 0 Å². The van der Waals surface area contributed by atoms with Gasteiger partial charge in [-0.05, 0) is 48.6 Å². The van der Waals surface area contributed by atoms with Crippen LogP contribution in [0.2, 0.25) is 0 Å². The van der Waals surface area contributed by atoms with Crippen molar-refractivity contribution >= 4 is 34.6 Å². The number of likely N-dealkylation sites (N-methyl/N-ethyl adjacent to an activating group) is 2. The molecule has 2 saturated carbocycles. The normalized spacial score (nSPS) is 26.5. The Labute approximate surface area is 285 Å². The van der Waals surface area contributed by atoms with Crippen molar-refractivity contribution in [3.63, 3.8) is 0 Å². The van der Waals surface area contributed by atoms with Gasteiger partial charge in [0.1, 0.15) is 13.1 Å². The zero-order chi connectivity index (χ0) is 31.6. The van der Waals surface area contributed by atoms with Crippen LogP contribution >= 0.6 is 22.7 Å². The van der Waals surface area contributed by atoms with Crippen molar-refractivity contribution in [1.82, 2.24) is 0 Å². The Kier molecular flexibility index (Phi) is 13.1. The van der Waals surface area contributed by atoms with Gasteiger partial charge in [-0.1, -0.05) is 52.7 Å². The van der Waals surface area contributed by atoms with Gasteiger partial charge in [-0.2, -0.15) is 0 Å². The minimum atomic E-state index is -1.45. The van der Waals surface area contributed by atoms with Crippen molar-refractivity contribution in [2.24, 2.45) is 11.8 Å². The molecule has 2 saturated heterocycles. The molecule has 6 rings (SSSR count). The average molecular weight is 681 g/mol. The molecule has 4 fully saturated rings. The molecule has 8 nitrogen and oxygen atoms in total. The fourth-order valence-corrected chi connectivity index (χ4v) is 9.53. The monoisotopic (exact) mass is 680 g/mol. The number of likely N-dealkylation sites (tertiary alicyclic amines) is 2. The number of rotatable bonds is 8. The lowest BCUT2D eigenvalue weighted by Crippen LogP contribution is -2.45. The number of esters is 2. The quantitative estimate of drug-likeness (QED) is 0.251. The molecule has 46 heavy (non-hydrogen) atoms. The van der Waals surface area contributed by atoms with E-state index in [9.17, 15) is 19.8 Å². The molecule has 260 valence electrons. The van der Waals surface area contributed by atoms with Crippen molar-refractivity contribution in [1.29, 1.82) is 0 Å². The highest BCUT2D eigenvalue weighted by Crippen LogP contribution is 2.45. The van der Waals surface area contributed by atoms with Gasteiger partial charge in [0.25, 0.3) is 0 Å². The zero-order valence-electron chi connectivity index (χ0n) is 26.9. The summed E-state index contributed by atoms with van der Waals surface area (Å²) in [4.78, 5) is 27.2. The number of nitrogens with zero attached hydrogens (tertiary/aromatic N) is 2. The number of aliphatic hydroxyl groups is 2. The van der Waals surface area contributed by atoms with E-state index in [1.807, 2.05) is 35.0 Å². The van der Waals surface area contributed by atoms with Crippen molar-refractivity contribution in [2.45, 2.75) is 102 Å². The third-order valence-electron chi connectivity index (χ3n) is 10.4. The number of carbonyl (C=O) groups is 2. The van der Waals surface area contributed by atoms with Crippen LogP contribution in [0.1, 0.15) is 88.8 Å². The minimum absolute atomic E-state index is 0. The summed E-state index contributed by atoms with van der Waals surface area (Å²) in [6.45, 7) is 3.69. The predicted molar refractivity (Wildman–Crippen MR) is 186 cm³/mol. The fourth-order valence-electron chi connectivity index (χ4n) is 7.74. The van der Waals surface area contributed by atoms with E-state index in [1.54, 1.807) is 0 Å². The van der Waals surface area contributed by atoms with Crippen LogP contribution < -0.4 is 0 Å². The molecule has 0 aromatic carbocycles. The Hall–Kier alpha value is -1.82. The molecule has 2 aromatic rings. The van der Waals surface area contributed by atoms with Crippen LogP contribution in [0, 0.1) is 11.8 Å². The van der Waals surface area contributed by atoms with Crippen LogP contribution in [0.25, 0.3) is 0 Å². The van der Waals surface area contributed by atoms with E-state index < -0.39 is 23.1 Å². The Morgan fingerprint density at radius 2 is 1.02 bits per heavy atom. The molecule has 2 aromatic heterocycles. The number of hydrogen-bond acceptors (Lipinski definition) is 8. The van der Waals surface area contributed by atoms with Crippen molar-refractivity contribution < 1.29 is 38.2 Å². The summed E-state index contributed by atoms with van der Waals surface area (Å²) in [7, 11) is 8.60. The molecular formula is C36H60N2O6S2+2. The first-order chi connectivity index (χ1) is 20.8. The summed E-state index contributed by atoms with van der Waals surface area (Å²) < 4.78 is 13.2. The molecule has 0 unspecified atom stereocenters. The van der Waals surface area contributed by atoms with Gasteiger partial charge in [0, 0.05) is 34.4 Å². The third-order valence-corrected chi connectivity index (χ3v) is 12.4. The van der Waals surface area contributed by atoms with E-state index in [-0.39, 0.29) is 38.9 Å². The van der Waals surface area contributed by atoms with Gasteiger partial charge >= 0.3 is 11.9 Å². The first-order valence-corrected chi connectivity index (χ1v) is 18.2. The van der Waals surface area contributed by atoms with Crippen molar-refractivity contribution in [3.8, 4) is 0 Å². The summed E-state index contributed by atoms with van der Waals surface area (Å²) >= 11 is 2.90. The van der Waals surface area contributed by atoms with E-state index in [2.05, 4.69) is 28.2 Å². The minimum Gasteiger partial charge on any atom is -0.454 e. The van der Waals surface area contributed by atoms with Crippen LogP contribution in [0.3, 0.4) is 0 Å². The lowest BCUT2D eigenvalue weighted by molar-refractivity contribution is -0.879. The Bertz CT molecular complexity index is 1140. The third kappa shape index (κ3) is 8.42. The number of hydrogen-bond donors (Lipinski definition) is 2. The molecule has 0 amide bonds. The smallest absolute Gasteiger partial charge is 0.344 e. The molecule has 2 aliphatic carbocycles. The molecule has 4 aliphatic rings. The molecule has 2 aliphatic heterocycles. The maximum atomic E-state index is 12.8. The summed E-state index contributed by atoms with van der Waals surface area (Å²) in [6.07, 6.45) is 9.53. The maximum absolute atomic E-state index is 12.8. The summed E-state index contributed by atoms with van der Waals surface area (Å²) in [5.41, 5.74) is -2.91. The molecular weight excluding hydrogens is 621 g/mol. The average Bonchev–Trinajstić information content (AvgIpc) is 3.82. The van der Waals surface area contributed by atoms with Crippen molar-refractivity contribution in [3.05, 3.63) is 44.8 Å². The summed E-state index contributed by atoms with van der Waals surface area (Å²) in [5.74, 6) is -0.896. The second-order valence-electron chi connectivity index (χ2n) is 14.8. The molecule has 0 radical (unpaired) electrons. The fraction of sp³-hybridized carbons (Fsp3) is 0.722. The molecule has 0 spiro atoms. The zero-order valence-corrected chi connectivity index (χ0v) is 28.5. The molecule has 2 N–H and O–H groups in total. The van der Waals surface area contributed by atoms with Gasteiger partial charge in [0.15, 0.2) is 23.4 Å². The van der Waals surface area contributed by atoms with Gasteiger partial charge in [-0.25, -0.2) is 9.59 Å². The van der Waals surface area contributed by atoms with Crippen LogP contribution in [0.15, 0.2) is 35.0 Å². The predicted octanol–water partition coefficient (Wildman–Crippen LogP) is 6.31.